The van der Waals surface area contributed by atoms with E-state index in [0.717, 1.165) is 22.1 Å². The molecule has 4 aromatic rings. The number of aliphatic hydroxyl groups excluding tert-OH is 1. The molecule has 0 bridgehead atoms. The van der Waals surface area contributed by atoms with E-state index >= 15 is 0 Å². The second kappa shape index (κ2) is 7.10. The molecular formula is C21H22N4O3. The zero-order chi connectivity index (χ0) is 19.8. The van der Waals surface area contributed by atoms with Crippen molar-refractivity contribution in [1.82, 2.24) is 19.9 Å². The number of nitrogens with one attached hydrogen (secondary N) is 2. The first-order valence-corrected chi connectivity index (χ1v) is 9.16. The Morgan fingerprint density at radius 1 is 1.21 bits per heavy atom. The first kappa shape index (κ1) is 18.2. The minimum Gasteiger partial charge on any atom is -0.507 e. The zero-order valence-electron chi connectivity index (χ0n) is 15.7. The zero-order valence-corrected chi connectivity index (χ0v) is 15.7. The number of hydrogen-bond donors (Lipinski definition) is 4. The first-order chi connectivity index (χ1) is 13.5. The van der Waals surface area contributed by atoms with Crippen LogP contribution in [0.4, 0.5) is 0 Å². The predicted octanol–water partition coefficient (Wildman–Crippen LogP) is 2.33. The van der Waals surface area contributed by atoms with Gasteiger partial charge in [-0.25, -0.2) is 14.3 Å². The number of hydrogen-bond acceptors (Lipinski definition) is 5. The largest absolute Gasteiger partial charge is 0.507 e. The van der Waals surface area contributed by atoms with Crippen molar-refractivity contribution in [3.63, 3.8) is 0 Å². The fourth-order valence-corrected chi connectivity index (χ4v) is 3.56. The van der Waals surface area contributed by atoms with Gasteiger partial charge in [0.25, 0.3) is 0 Å². The Morgan fingerprint density at radius 2 is 2.00 bits per heavy atom. The number of pyridine rings is 1. The number of phenols is 1. The molecule has 7 heteroatoms. The van der Waals surface area contributed by atoms with Crippen molar-refractivity contribution in [2.75, 3.05) is 6.54 Å². The molecule has 144 valence electrons. The number of H-pyrrole nitrogens is 1. The smallest absolute Gasteiger partial charge is 0.348 e. The molecule has 0 aliphatic heterocycles. The Bertz CT molecular complexity index is 1220. The molecule has 2 aromatic carbocycles. The molecule has 1 unspecified atom stereocenters. The third-order valence-electron chi connectivity index (χ3n) is 4.89. The summed E-state index contributed by atoms with van der Waals surface area (Å²) in [4.78, 5) is 12.3. The average molecular weight is 378 g/mol. The van der Waals surface area contributed by atoms with Gasteiger partial charge in [0.2, 0.25) is 0 Å². The highest BCUT2D eigenvalue weighted by molar-refractivity contribution is 5.92. The van der Waals surface area contributed by atoms with Gasteiger partial charge >= 0.3 is 5.69 Å². The molecule has 1 atom stereocenters. The van der Waals surface area contributed by atoms with Gasteiger partial charge in [-0.2, -0.15) is 5.10 Å². The van der Waals surface area contributed by atoms with E-state index < -0.39 is 6.10 Å². The number of rotatable bonds is 5. The number of aliphatic hydroxyl groups is 1. The van der Waals surface area contributed by atoms with Crippen LogP contribution in [0.1, 0.15) is 18.1 Å². The Hall–Kier alpha value is -3.16. The molecule has 4 N–H and O–H groups in total. The lowest BCUT2D eigenvalue weighted by molar-refractivity contribution is 0.191. The highest BCUT2D eigenvalue weighted by atomic mass is 16.3. The SMILES string of the molecule is Cc1cc2n[nH]c(=O)n2c2cc(-c3ccccc3CNCC(C)O)c(O)cc12. The van der Waals surface area contributed by atoms with Crippen LogP contribution in [0.2, 0.25) is 0 Å². The number of aromatic nitrogens is 3. The maximum Gasteiger partial charge on any atom is 0.348 e. The topological polar surface area (TPSA) is 103 Å². The van der Waals surface area contributed by atoms with Crippen LogP contribution in [0.3, 0.4) is 0 Å². The van der Waals surface area contributed by atoms with Crippen LogP contribution in [-0.4, -0.2) is 37.5 Å². The number of phenolic OH excluding ortho intramolecular Hbond substituents is 1. The molecule has 0 spiro atoms. The third kappa shape index (κ3) is 3.15. The monoisotopic (exact) mass is 378 g/mol. The Labute approximate surface area is 161 Å². The minimum atomic E-state index is -0.439. The number of aromatic hydroxyl groups is 1. The summed E-state index contributed by atoms with van der Waals surface area (Å²) >= 11 is 0. The van der Waals surface area contributed by atoms with Gasteiger partial charge < -0.3 is 15.5 Å². The van der Waals surface area contributed by atoms with Gasteiger partial charge in [-0.3, -0.25) is 0 Å². The number of nitrogens with zero attached hydrogens (tertiary/aromatic N) is 2. The molecule has 0 saturated carbocycles. The third-order valence-corrected chi connectivity index (χ3v) is 4.89. The van der Waals surface area contributed by atoms with Crippen molar-refractivity contribution in [1.29, 1.82) is 0 Å². The fraction of sp³-hybridized carbons (Fsp3) is 0.238. The van der Waals surface area contributed by atoms with Crippen LogP contribution in [0.25, 0.3) is 27.7 Å². The molecule has 0 radical (unpaired) electrons. The van der Waals surface area contributed by atoms with Gasteiger partial charge in [0, 0.05) is 24.0 Å². The lowest BCUT2D eigenvalue weighted by atomic mass is 9.96. The second-order valence-corrected chi connectivity index (χ2v) is 7.07. The van der Waals surface area contributed by atoms with Crippen molar-refractivity contribution < 1.29 is 10.2 Å². The quantitative estimate of drug-likeness (QED) is 0.427. The van der Waals surface area contributed by atoms with E-state index in [1.54, 1.807) is 13.0 Å². The van der Waals surface area contributed by atoms with Crippen LogP contribution in [0.15, 0.2) is 47.3 Å². The van der Waals surface area contributed by atoms with Crippen LogP contribution < -0.4 is 11.0 Å². The Kier molecular flexibility index (Phi) is 4.62. The molecule has 2 aromatic heterocycles. The normalized spacial score (nSPS) is 12.7. The summed E-state index contributed by atoms with van der Waals surface area (Å²) in [5.41, 5.74) is 4.33. The highest BCUT2D eigenvalue weighted by Gasteiger charge is 2.15. The molecule has 4 rings (SSSR count). The average Bonchev–Trinajstić information content (AvgIpc) is 3.02. The van der Waals surface area contributed by atoms with Crippen LogP contribution in [0.5, 0.6) is 5.75 Å². The molecule has 0 saturated heterocycles. The van der Waals surface area contributed by atoms with E-state index in [-0.39, 0.29) is 11.4 Å². The van der Waals surface area contributed by atoms with Gasteiger partial charge in [-0.05, 0) is 48.7 Å². The van der Waals surface area contributed by atoms with Crippen molar-refractivity contribution >= 4 is 16.6 Å². The van der Waals surface area contributed by atoms with E-state index in [0.29, 0.717) is 29.8 Å². The van der Waals surface area contributed by atoms with Gasteiger partial charge in [-0.1, -0.05) is 24.3 Å². The molecular weight excluding hydrogens is 356 g/mol. The Morgan fingerprint density at radius 3 is 2.79 bits per heavy atom. The predicted molar refractivity (Wildman–Crippen MR) is 109 cm³/mol. The van der Waals surface area contributed by atoms with E-state index in [2.05, 4.69) is 15.5 Å². The number of benzene rings is 2. The minimum absolute atomic E-state index is 0.148. The van der Waals surface area contributed by atoms with Crippen molar-refractivity contribution in [2.24, 2.45) is 0 Å². The van der Waals surface area contributed by atoms with E-state index in [1.165, 1.54) is 4.40 Å². The maximum absolute atomic E-state index is 12.3. The maximum atomic E-state index is 12.3. The lowest BCUT2D eigenvalue weighted by Gasteiger charge is -2.15. The summed E-state index contributed by atoms with van der Waals surface area (Å²) in [5.74, 6) is 0.148. The van der Waals surface area contributed by atoms with Gasteiger partial charge in [0.05, 0.1) is 11.6 Å². The standard InChI is InChI=1S/C21H22N4O3/c1-12-7-20-23-24-21(28)25(20)18-8-17(19(27)9-16(12)18)15-6-4-3-5-14(15)11-22-10-13(2)26/h3-9,13,22,26-27H,10-11H2,1-2H3,(H,24,28). The molecule has 0 fully saturated rings. The van der Waals surface area contributed by atoms with Crippen molar-refractivity contribution in [3.05, 3.63) is 64.1 Å². The first-order valence-electron chi connectivity index (χ1n) is 9.16. The molecule has 2 heterocycles. The lowest BCUT2D eigenvalue weighted by Crippen LogP contribution is -2.24. The number of aryl methyl sites for hydroxylation is 1. The van der Waals surface area contributed by atoms with Crippen molar-refractivity contribution in [3.8, 4) is 16.9 Å². The number of fused-ring (bicyclic) bond motifs is 3. The van der Waals surface area contributed by atoms with Gasteiger partial charge in [0.15, 0.2) is 5.65 Å². The van der Waals surface area contributed by atoms with Crippen LogP contribution in [0, 0.1) is 6.92 Å². The van der Waals surface area contributed by atoms with Crippen molar-refractivity contribution in [2.45, 2.75) is 26.5 Å². The summed E-state index contributed by atoms with van der Waals surface area (Å²) in [5, 5.41) is 30.8. The molecule has 0 amide bonds. The highest BCUT2D eigenvalue weighted by Crippen LogP contribution is 2.36. The Balaban J connectivity index is 1.90. The van der Waals surface area contributed by atoms with E-state index in [4.69, 9.17) is 0 Å². The summed E-state index contributed by atoms with van der Waals surface area (Å²) in [6, 6.07) is 13.1. The summed E-state index contributed by atoms with van der Waals surface area (Å²) in [6.45, 7) is 4.68. The molecule has 0 aliphatic carbocycles. The van der Waals surface area contributed by atoms with Gasteiger partial charge in [-0.15, -0.1) is 0 Å². The van der Waals surface area contributed by atoms with Crippen LogP contribution >= 0.6 is 0 Å². The molecule has 0 aliphatic rings. The number of aromatic amines is 1. The summed E-state index contributed by atoms with van der Waals surface area (Å²) in [6.07, 6.45) is -0.439. The fourth-order valence-electron chi connectivity index (χ4n) is 3.56. The molecule has 7 nitrogen and oxygen atoms in total. The van der Waals surface area contributed by atoms with Crippen LogP contribution in [-0.2, 0) is 6.54 Å². The van der Waals surface area contributed by atoms with E-state index in [1.807, 2.05) is 43.3 Å². The van der Waals surface area contributed by atoms with E-state index in [9.17, 15) is 15.0 Å². The van der Waals surface area contributed by atoms with Gasteiger partial charge in [0.1, 0.15) is 5.75 Å². The summed E-state index contributed by atoms with van der Waals surface area (Å²) < 4.78 is 1.51. The second-order valence-electron chi connectivity index (χ2n) is 7.07. The molecule has 28 heavy (non-hydrogen) atoms. The summed E-state index contributed by atoms with van der Waals surface area (Å²) in [7, 11) is 0.